The van der Waals surface area contributed by atoms with Crippen LogP contribution in [0.3, 0.4) is 0 Å². The number of hydrogen-bond acceptors (Lipinski definition) is 3. The molecule has 3 unspecified atom stereocenters. The fourth-order valence-electron chi connectivity index (χ4n) is 3.77. The first kappa shape index (κ1) is 13.5. The molecule has 0 spiro atoms. The summed E-state index contributed by atoms with van der Waals surface area (Å²) in [7, 11) is 0. The first-order chi connectivity index (χ1) is 9.72. The molecule has 1 aromatic rings. The van der Waals surface area contributed by atoms with Crippen LogP contribution < -0.4 is 5.32 Å². The fourth-order valence-corrected chi connectivity index (χ4v) is 3.77. The number of aryl methyl sites for hydroxylation is 1. The molecule has 20 heavy (non-hydrogen) atoms. The molecule has 2 aliphatic carbocycles. The van der Waals surface area contributed by atoms with Crippen LogP contribution in [0, 0.1) is 18.8 Å². The third kappa shape index (κ3) is 3.00. The number of amides is 1. The van der Waals surface area contributed by atoms with Gasteiger partial charge in [0.15, 0.2) is 0 Å². The van der Waals surface area contributed by atoms with E-state index >= 15 is 0 Å². The van der Waals surface area contributed by atoms with Crippen molar-refractivity contribution in [1.82, 2.24) is 15.3 Å². The van der Waals surface area contributed by atoms with Gasteiger partial charge in [0.25, 0.3) is 5.91 Å². The Morgan fingerprint density at radius 2 is 1.90 bits per heavy atom. The SMILES string of the molecule is Cc1cnc(C(=O)NC2CCC3CCCCC3C2)cn1. The zero-order valence-electron chi connectivity index (χ0n) is 12.1. The average Bonchev–Trinajstić information content (AvgIpc) is 2.48. The molecule has 2 aliphatic rings. The highest BCUT2D eigenvalue weighted by Crippen LogP contribution is 2.40. The second kappa shape index (κ2) is 5.90. The highest BCUT2D eigenvalue weighted by molar-refractivity contribution is 5.92. The molecule has 0 saturated heterocycles. The highest BCUT2D eigenvalue weighted by atomic mass is 16.1. The molecular weight excluding hydrogens is 250 g/mol. The maximum absolute atomic E-state index is 12.2. The van der Waals surface area contributed by atoms with E-state index in [9.17, 15) is 4.79 Å². The van der Waals surface area contributed by atoms with Crippen molar-refractivity contribution >= 4 is 5.91 Å². The van der Waals surface area contributed by atoms with Crippen LogP contribution in [0.25, 0.3) is 0 Å². The monoisotopic (exact) mass is 273 g/mol. The molecule has 1 N–H and O–H groups in total. The van der Waals surface area contributed by atoms with Gasteiger partial charge < -0.3 is 5.32 Å². The van der Waals surface area contributed by atoms with Gasteiger partial charge in [0.2, 0.25) is 0 Å². The van der Waals surface area contributed by atoms with Crippen molar-refractivity contribution in [3.05, 3.63) is 23.8 Å². The Morgan fingerprint density at radius 3 is 2.65 bits per heavy atom. The van der Waals surface area contributed by atoms with E-state index in [4.69, 9.17) is 0 Å². The molecule has 2 saturated carbocycles. The van der Waals surface area contributed by atoms with Gasteiger partial charge in [0.05, 0.1) is 11.9 Å². The van der Waals surface area contributed by atoms with Gasteiger partial charge in [-0.25, -0.2) is 4.98 Å². The van der Waals surface area contributed by atoms with E-state index in [0.717, 1.165) is 30.4 Å². The molecular formula is C16H23N3O. The summed E-state index contributed by atoms with van der Waals surface area (Å²) < 4.78 is 0. The standard InChI is InChI=1S/C16H23N3O/c1-11-9-18-15(10-17-11)16(20)19-14-7-6-12-4-2-3-5-13(12)8-14/h9-10,12-14H,2-8H2,1H3,(H,19,20). The number of nitrogens with one attached hydrogen (secondary N) is 1. The topological polar surface area (TPSA) is 54.9 Å². The lowest BCUT2D eigenvalue weighted by molar-refractivity contribution is 0.0874. The van der Waals surface area contributed by atoms with Crippen LogP contribution in [0.4, 0.5) is 0 Å². The zero-order chi connectivity index (χ0) is 13.9. The lowest BCUT2D eigenvalue weighted by Gasteiger charge is -2.39. The molecule has 3 rings (SSSR count). The molecule has 0 bridgehead atoms. The molecule has 3 atom stereocenters. The molecule has 2 fully saturated rings. The second-order valence-corrected chi connectivity index (χ2v) is 6.33. The zero-order valence-corrected chi connectivity index (χ0v) is 12.1. The quantitative estimate of drug-likeness (QED) is 0.901. The molecule has 108 valence electrons. The summed E-state index contributed by atoms with van der Waals surface area (Å²) in [6, 6.07) is 0.324. The van der Waals surface area contributed by atoms with E-state index in [1.165, 1.54) is 32.1 Å². The van der Waals surface area contributed by atoms with Crippen molar-refractivity contribution in [1.29, 1.82) is 0 Å². The summed E-state index contributed by atoms with van der Waals surface area (Å²) in [4.78, 5) is 20.5. The summed E-state index contributed by atoms with van der Waals surface area (Å²) in [6.45, 7) is 1.87. The van der Waals surface area contributed by atoms with E-state index in [0.29, 0.717) is 11.7 Å². The Labute approximate surface area is 120 Å². The van der Waals surface area contributed by atoms with Crippen LogP contribution in [0.2, 0.25) is 0 Å². The third-order valence-corrected chi connectivity index (χ3v) is 4.89. The second-order valence-electron chi connectivity index (χ2n) is 6.33. The van der Waals surface area contributed by atoms with Gasteiger partial charge in [-0.1, -0.05) is 25.7 Å². The third-order valence-electron chi connectivity index (χ3n) is 4.89. The predicted octanol–water partition coefficient (Wildman–Crippen LogP) is 2.87. The van der Waals surface area contributed by atoms with Crippen LogP contribution >= 0.6 is 0 Å². The minimum atomic E-state index is -0.0724. The van der Waals surface area contributed by atoms with Crippen LogP contribution in [0.5, 0.6) is 0 Å². The molecule has 0 radical (unpaired) electrons. The largest absolute Gasteiger partial charge is 0.348 e. The van der Waals surface area contributed by atoms with Gasteiger partial charge in [-0.3, -0.25) is 9.78 Å². The number of carbonyl (C=O) groups excluding carboxylic acids is 1. The van der Waals surface area contributed by atoms with E-state index in [-0.39, 0.29) is 5.91 Å². The Kier molecular flexibility index (Phi) is 3.99. The predicted molar refractivity (Wildman–Crippen MR) is 77.3 cm³/mol. The van der Waals surface area contributed by atoms with E-state index in [1.54, 1.807) is 12.4 Å². The first-order valence-electron chi connectivity index (χ1n) is 7.82. The number of hydrogen-bond donors (Lipinski definition) is 1. The Balaban J connectivity index is 1.58. The summed E-state index contributed by atoms with van der Waals surface area (Å²) in [5.41, 5.74) is 1.27. The minimum Gasteiger partial charge on any atom is -0.348 e. The number of nitrogens with zero attached hydrogens (tertiary/aromatic N) is 2. The molecule has 1 aromatic heterocycles. The van der Waals surface area contributed by atoms with Crippen molar-refractivity contribution in [2.45, 2.75) is 57.9 Å². The van der Waals surface area contributed by atoms with Gasteiger partial charge in [-0.05, 0) is 38.0 Å². The molecule has 0 aliphatic heterocycles. The van der Waals surface area contributed by atoms with Crippen molar-refractivity contribution in [2.24, 2.45) is 11.8 Å². The van der Waals surface area contributed by atoms with Crippen molar-refractivity contribution in [2.75, 3.05) is 0 Å². The van der Waals surface area contributed by atoms with E-state index in [2.05, 4.69) is 15.3 Å². The lowest BCUT2D eigenvalue weighted by Crippen LogP contribution is -2.41. The van der Waals surface area contributed by atoms with Crippen LogP contribution in [-0.4, -0.2) is 21.9 Å². The molecule has 1 amide bonds. The Morgan fingerprint density at radius 1 is 1.10 bits per heavy atom. The maximum atomic E-state index is 12.2. The van der Waals surface area contributed by atoms with Crippen LogP contribution in [-0.2, 0) is 0 Å². The summed E-state index contributed by atoms with van der Waals surface area (Å²) in [5.74, 6) is 1.67. The first-order valence-corrected chi connectivity index (χ1v) is 7.82. The van der Waals surface area contributed by atoms with Gasteiger partial charge in [0, 0.05) is 12.2 Å². The Bertz CT molecular complexity index is 471. The number of aromatic nitrogens is 2. The summed E-state index contributed by atoms with van der Waals surface area (Å²) in [6.07, 6.45) is 12.3. The summed E-state index contributed by atoms with van der Waals surface area (Å²) >= 11 is 0. The van der Waals surface area contributed by atoms with Crippen molar-refractivity contribution in [3.8, 4) is 0 Å². The van der Waals surface area contributed by atoms with Gasteiger partial charge in [-0.15, -0.1) is 0 Å². The smallest absolute Gasteiger partial charge is 0.271 e. The summed E-state index contributed by atoms with van der Waals surface area (Å²) in [5, 5.41) is 3.15. The molecule has 4 nitrogen and oxygen atoms in total. The number of rotatable bonds is 2. The highest BCUT2D eigenvalue weighted by Gasteiger charge is 2.32. The number of fused-ring (bicyclic) bond motifs is 1. The average molecular weight is 273 g/mol. The van der Waals surface area contributed by atoms with Crippen LogP contribution in [0.1, 0.15) is 61.1 Å². The minimum absolute atomic E-state index is 0.0724. The van der Waals surface area contributed by atoms with Crippen molar-refractivity contribution in [3.63, 3.8) is 0 Å². The van der Waals surface area contributed by atoms with Gasteiger partial charge in [0.1, 0.15) is 5.69 Å². The number of carbonyl (C=O) groups is 1. The molecule has 0 aromatic carbocycles. The van der Waals surface area contributed by atoms with Gasteiger partial charge in [-0.2, -0.15) is 0 Å². The molecule has 4 heteroatoms. The van der Waals surface area contributed by atoms with Gasteiger partial charge >= 0.3 is 0 Å². The lowest BCUT2D eigenvalue weighted by atomic mass is 9.69. The normalized spacial score (nSPS) is 29.6. The maximum Gasteiger partial charge on any atom is 0.271 e. The van der Waals surface area contributed by atoms with Crippen molar-refractivity contribution < 1.29 is 4.79 Å². The Hall–Kier alpha value is -1.45. The van der Waals surface area contributed by atoms with E-state index < -0.39 is 0 Å². The van der Waals surface area contributed by atoms with E-state index in [1.807, 2.05) is 6.92 Å². The van der Waals surface area contributed by atoms with Crippen LogP contribution in [0.15, 0.2) is 12.4 Å². The fraction of sp³-hybridized carbons (Fsp3) is 0.688. The molecule has 1 heterocycles.